The fourth-order valence-corrected chi connectivity index (χ4v) is 2.87. The third kappa shape index (κ3) is 2.73. The highest BCUT2D eigenvalue weighted by molar-refractivity contribution is 5.27. The summed E-state index contributed by atoms with van der Waals surface area (Å²) in [6, 6.07) is 5.81. The van der Waals surface area contributed by atoms with Crippen LogP contribution in [0.3, 0.4) is 0 Å². The SMILES string of the molecule is CCN1CCCCC(N)C1c1ccc(C)c(F)c1. The van der Waals surface area contributed by atoms with Gasteiger partial charge in [-0.3, -0.25) is 4.90 Å². The average molecular weight is 250 g/mol. The van der Waals surface area contributed by atoms with Crippen LogP contribution in [0.2, 0.25) is 0 Å². The normalized spacial score (nSPS) is 26.0. The van der Waals surface area contributed by atoms with E-state index in [9.17, 15) is 4.39 Å². The second-order valence-corrected chi connectivity index (χ2v) is 5.24. The van der Waals surface area contributed by atoms with Gasteiger partial charge in [-0.25, -0.2) is 4.39 Å². The highest BCUT2D eigenvalue weighted by Gasteiger charge is 2.28. The molecule has 0 saturated carbocycles. The summed E-state index contributed by atoms with van der Waals surface area (Å²) in [5, 5.41) is 0. The van der Waals surface area contributed by atoms with E-state index in [1.807, 2.05) is 12.1 Å². The van der Waals surface area contributed by atoms with Crippen LogP contribution in [-0.4, -0.2) is 24.0 Å². The molecule has 100 valence electrons. The van der Waals surface area contributed by atoms with E-state index in [-0.39, 0.29) is 17.9 Å². The summed E-state index contributed by atoms with van der Waals surface area (Å²) in [4.78, 5) is 2.38. The summed E-state index contributed by atoms with van der Waals surface area (Å²) < 4.78 is 13.7. The topological polar surface area (TPSA) is 29.3 Å². The van der Waals surface area contributed by atoms with Crippen LogP contribution >= 0.6 is 0 Å². The van der Waals surface area contributed by atoms with Gasteiger partial charge in [0.25, 0.3) is 0 Å². The largest absolute Gasteiger partial charge is 0.326 e. The van der Waals surface area contributed by atoms with Gasteiger partial charge in [-0.15, -0.1) is 0 Å². The molecule has 18 heavy (non-hydrogen) atoms. The lowest BCUT2D eigenvalue weighted by Crippen LogP contribution is -2.39. The van der Waals surface area contributed by atoms with E-state index in [1.54, 1.807) is 13.0 Å². The fourth-order valence-electron chi connectivity index (χ4n) is 2.87. The molecule has 1 aromatic rings. The van der Waals surface area contributed by atoms with Crippen LogP contribution in [0.15, 0.2) is 18.2 Å². The first-order valence-corrected chi connectivity index (χ1v) is 6.89. The second-order valence-electron chi connectivity index (χ2n) is 5.24. The van der Waals surface area contributed by atoms with Crippen LogP contribution in [0.5, 0.6) is 0 Å². The van der Waals surface area contributed by atoms with Crippen LogP contribution in [0.25, 0.3) is 0 Å². The van der Waals surface area contributed by atoms with E-state index in [4.69, 9.17) is 5.73 Å². The maximum absolute atomic E-state index is 13.7. The Balaban J connectivity index is 2.33. The van der Waals surface area contributed by atoms with E-state index in [0.717, 1.165) is 25.1 Å². The van der Waals surface area contributed by atoms with Crippen molar-refractivity contribution in [3.63, 3.8) is 0 Å². The minimum atomic E-state index is -0.125. The average Bonchev–Trinajstić information content (AvgIpc) is 2.54. The van der Waals surface area contributed by atoms with Crippen molar-refractivity contribution >= 4 is 0 Å². The quantitative estimate of drug-likeness (QED) is 0.874. The van der Waals surface area contributed by atoms with E-state index in [0.29, 0.717) is 5.56 Å². The molecule has 1 aromatic carbocycles. The number of hydrogen-bond acceptors (Lipinski definition) is 2. The van der Waals surface area contributed by atoms with Gasteiger partial charge in [-0.1, -0.05) is 25.5 Å². The number of likely N-dealkylation sites (N-methyl/N-ethyl adjacent to an activating group) is 1. The summed E-state index contributed by atoms with van der Waals surface area (Å²) in [7, 11) is 0. The van der Waals surface area contributed by atoms with Crippen LogP contribution in [0.1, 0.15) is 43.4 Å². The molecule has 0 aliphatic carbocycles. The molecule has 3 heteroatoms. The predicted molar refractivity (Wildman–Crippen MR) is 73.0 cm³/mol. The van der Waals surface area contributed by atoms with Gasteiger partial charge in [0.2, 0.25) is 0 Å². The van der Waals surface area contributed by atoms with E-state index >= 15 is 0 Å². The molecule has 0 radical (unpaired) electrons. The molecule has 1 aliphatic heterocycles. The summed E-state index contributed by atoms with van der Waals surface area (Å²) >= 11 is 0. The van der Waals surface area contributed by atoms with Gasteiger partial charge in [-0.05, 0) is 50.0 Å². The predicted octanol–water partition coefficient (Wildman–Crippen LogP) is 3.01. The highest BCUT2D eigenvalue weighted by atomic mass is 19.1. The lowest BCUT2D eigenvalue weighted by molar-refractivity contribution is 0.195. The third-order valence-corrected chi connectivity index (χ3v) is 3.98. The van der Waals surface area contributed by atoms with Gasteiger partial charge >= 0.3 is 0 Å². The third-order valence-electron chi connectivity index (χ3n) is 3.98. The first-order chi connectivity index (χ1) is 8.63. The van der Waals surface area contributed by atoms with Crippen molar-refractivity contribution in [2.45, 2.75) is 45.2 Å². The lowest BCUT2D eigenvalue weighted by Gasteiger charge is -2.33. The molecule has 0 bridgehead atoms. The van der Waals surface area contributed by atoms with Gasteiger partial charge in [0, 0.05) is 12.1 Å². The van der Waals surface area contributed by atoms with E-state index in [1.165, 1.54) is 12.8 Å². The van der Waals surface area contributed by atoms with Crippen molar-refractivity contribution in [1.29, 1.82) is 0 Å². The minimum Gasteiger partial charge on any atom is -0.326 e. The number of rotatable bonds is 2. The monoisotopic (exact) mass is 250 g/mol. The van der Waals surface area contributed by atoms with Crippen molar-refractivity contribution in [3.05, 3.63) is 35.1 Å². The number of benzene rings is 1. The van der Waals surface area contributed by atoms with Crippen molar-refractivity contribution in [3.8, 4) is 0 Å². The fraction of sp³-hybridized carbons (Fsp3) is 0.600. The molecule has 2 nitrogen and oxygen atoms in total. The molecule has 0 amide bonds. The minimum absolute atomic E-state index is 0.106. The molecule has 0 spiro atoms. The number of nitrogens with two attached hydrogens (primary N) is 1. The molecule has 2 N–H and O–H groups in total. The molecule has 2 rings (SSSR count). The van der Waals surface area contributed by atoms with E-state index in [2.05, 4.69) is 11.8 Å². The van der Waals surface area contributed by atoms with Crippen LogP contribution in [0.4, 0.5) is 4.39 Å². The molecular formula is C15H23FN2. The Morgan fingerprint density at radius 3 is 2.83 bits per heavy atom. The zero-order valence-electron chi connectivity index (χ0n) is 11.3. The molecule has 1 heterocycles. The molecule has 2 atom stereocenters. The Morgan fingerprint density at radius 1 is 1.39 bits per heavy atom. The number of aryl methyl sites for hydroxylation is 1. The van der Waals surface area contributed by atoms with Gasteiger partial charge < -0.3 is 5.73 Å². The number of nitrogens with zero attached hydrogens (tertiary/aromatic N) is 1. The molecule has 0 aromatic heterocycles. The summed E-state index contributed by atoms with van der Waals surface area (Å²) in [6.07, 6.45) is 3.38. The van der Waals surface area contributed by atoms with Crippen LogP contribution in [0, 0.1) is 12.7 Å². The van der Waals surface area contributed by atoms with Gasteiger partial charge in [0.05, 0.1) is 0 Å². The number of hydrogen-bond donors (Lipinski definition) is 1. The van der Waals surface area contributed by atoms with Crippen LogP contribution in [-0.2, 0) is 0 Å². The standard InChI is InChI=1S/C15H23FN2/c1-3-18-9-5-4-6-14(17)15(18)12-8-7-11(2)13(16)10-12/h7-8,10,14-15H,3-6,9,17H2,1-2H3. The Labute approximate surface area is 109 Å². The Morgan fingerprint density at radius 2 is 2.17 bits per heavy atom. The second kappa shape index (κ2) is 5.81. The maximum Gasteiger partial charge on any atom is 0.126 e. The van der Waals surface area contributed by atoms with Crippen molar-refractivity contribution in [2.24, 2.45) is 5.73 Å². The number of halogens is 1. The molecule has 1 aliphatic rings. The van der Waals surface area contributed by atoms with E-state index < -0.39 is 0 Å². The van der Waals surface area contributed by atoms with Crippen molar-refractivity contribution < 1.29 is 4.39 Å². The molecule has 2 unspecified atom stereocenters. The number of likely N-dealkylation sites (tertiary alicyclic amines) is 1. The summed E-state index contributed by atoms with van der Waals surface area (Å²) in [5.74, 6) is -0.125. The first kappa shape index (κ1) is 13.5. The molecule has 1 saturated heterocycles. The van der Waals surface area contributed by atoms with Crippen LogP contribution < -0.4 is 5.73 Å². The lowest BCUT2D eigenvalue weighted by atomic mass is 9.95. The first-order valence-electron chi connectivity index (χ1n) is 6.89. The molecule has 1 fully saturated rings. The van der Waals surface area contributed by atoms with Gasteiger partial charge in [0.15, 0.2) is 0 Å². The summed E-state index contributed by atoms with van der Waals surface area (Å²) in [6.45, 7) is 5.97. The zero-order valence-corrected chi connectivity index (χ0v) is 11.3. The smallest absolute Gasteiger partial charge is 0.126 e. The zero-order chi connectivity index (χ0) is 13.1. The Bertz CT molecular complexity index is 405. The summed E-state index contributed by atoms with van der Waals surface area (Å²) in [5.41, 5.74) is 8.02. The van der Waals surface area contributed by atoms with Gasteiger partial charge in [0.1, 0.15) is 5.82 Å². The van der Waals surface area contributed by atoms with Crippen molar-refractivity contribution in [2.75, 3.05) is 13.1 Å². The van der Waals surface area contributed by atoms with Crippen molar-refractivity contribution in [1.82, 2.24) is 4.90 Å². The highest BCUT2D eigenvalue weighted by Crippen LogP contribution is 2.30. The Kier molecular flexibility index (Phi) is 4.36. The Hall–Kier alpha value is -0.930. The maximum atomic E-state index is 13.7. The van der Waals surface area contributed by atoms with Gasteiger partial charge in [-0.2, -0.15) is 0 Å². The molecular weight excluding hydrogens is 227 g/mol.